The van der Waals surface area contributed by atoms with E-state index in [1.54, 1.807) is 4.90 Å². The number of hydrogen-bond acceptors (Lipinski definition) is 4. The van der Waals surface area contributed by atoms with E-state index >= 15 is 0 Å². The van der Waals surface area contributed by atoms with Gasteiger partial charge in [-0.2, -0.15) is 0 Å². The van der Waals surface area contributed by atoms with Gasteiger partial charge in [-0.1, -0.05) is 0 Å². The maximum atomic E-state index is 12.8. The maximum absolute atomic E-state index is 12.8. The first kappa shape index (κ1) is 19.6. The number of carbonyl (C=O) groups excluding carboxylic acids is 2. The van der Waals surface area contributed by atoms with Crippen LogP contribution in [-0.4, -0.2) is 40.6 Å². The number of amides is 2. The Hall–Kier alpha value is -2.11. The van der Waals surface area contributed by atoms with Gasteiger partial charge in [0, 0.05) is 30.9 Å². The van der Waals surface area contributed by atoms with E-state index in [4.69, 9.17) is 4.74 Å². The summed E-state index contributed by atoms with van der Waals surface area (Å²) in [5, 5.41) is 3.19. The van der Waals surface area contributed by atoms with E-state index < -0.39 is 11.1 Å². The summed E-state index contributed by atoms with van der Waals surface area (Å²) in [4.78, 5) is 31.1. The molecule has 1 aromatic heterocycles. The van der Waals surface area contributed by atoms with Gasteiger partial charge in [-0.3, -0.25) is 9.78 Å². The SMILES string of the molecule is Cc1cc(C)c(C(C)(C)NC(=O)C2C3CN(C(=O)OC(C)(C)C)C[C@@H]32)cn1. The van der Waals surface area contributed by atoms with Crippen molar-refractivity contribution in [1.29, 1.82) is 0 Å². The van der Waals surface area contributed by atoms with Crippen LogP contribution in [-0.2, 0) is 15.1 Å². The van der Waals surface area contributed by atoms with Gasteiger partial charge >= 0.3 is 6.09 Å². The van der Waals surface area contributed by atoms with Crippen LogP contribution in [0.5, 0.6) is 0 Å². The molecule has 1 saturated carbocycles. The zero-order valence-electron chi connectivity index (χ0n) is 17.4. The Balaban J connectivity index is 1.58. The van der Waals surface area contributed by atoms with Crippen LogP contribution in [0.25, 0.3) is 0 Å². The van der Waals surface area contributed by atoms with Crippen LogP contribution in [0.15, 0.2) is 12.3 Å². The molecular formula is C21H31N3O3. The minimum Gasteiger partial charge on any atom is -0.444 e. The molecule has 0 radical (unpaired) electrons. The molecule has 2 fully saturated rings. The molecule has 0 spiro atoms. The molecule has 6 nitrogen and oxygen atoms in total. The lowest BCUT2D eigenvalue weighted by Crippen LogP contribution is -2.44. The summed E-state index contributed by atoms with van der Waals surface area (Å²) in [7, 11) is 0. The van der Waals surface area contributed by atoms with E-state index in [9.17, 15) is 9.59 Å². The first-order valence-electron chi connectivity index (χ1n) is 9.63. The van der Waals surface area contributed by atoms with Crippen molar-refractivity contribution in [3.05, 3.63) is 29.1 Å². The average Bonchev–Trinajstić information content (AvgIpc) is 2.99. The first-order valence-corrected chi connectivity index (χ1v) is 9.63. The number of nitrogens with one attached hydrogen (secondary N) is 1. The van der Waals surface area contributed by atoms with Gasteiger partial charge in [0.05, 0.1) is 5.54 Å². The summed E-state index contributed by atoms with van der Waals surface area (Å²) in [6, 6.07) is 2.04. The Morgan fingerprint density at radius 1 is 1.15 bits per heavy atom. The second kappa shape index (κ2) is 6.50. The van der Waals surface area contributed by atoms with E-state index in [1.807, 2.05) is 60.7 Å². The average molecular weight is 373 g/mol. The molecule has 27 heavy (non-hydrogen) atoms. The second-order valence-electron chi connectivity index (χ2n) is 9.49. The molecule has 1 saturated heterocycles. The topological polar surface area (TPSA) is 71.5 Å². The number of hydrogen-bond donors (Lipinski definition) is 1. The number of nitrogens with zero attached hydrogens (tertiary/aromatic N) is 2. The largest absolute Gasteiger partial charge is 0.444 e. The van der Waals surface area contributed by atoms with Crippen LogP contribution in [0.2, 0.25) is 0 Å². The Morgan fingerprint density at radius 2 is 1.74 bits per heavy atom. The summed E-state index contributed by atoms with van der Waals surface area (Å²) in [6.45, 7) is 14.8. The van der Waals surface area contributed by atoms with Gasteiger partial charge in [-0.25, -0.2) is 4.79 Å². The highest BCUT2D eigenvalue weighted by molar-refractivity contribution is 5.84. The Kier molecular flexibility index (Phi) is 4.73. The van der Waals surface area contributed by atoms with Crippen molar-refractivity contribution in [2.75, 3.05) is 13.1 Å². The van der Waals surface area contributed by atoms with Gasteiger partial charge in [0.1, 0.15) is 5.60 Å². The molecule has 1 N–H and O–H groups in total. The monoisotopic (exact) mass is 373 g/mol. The maximum Gasteiger partial charge on any atom is 0.410 e. The lowest BCUT2D eigenvalue weighted by molar-refractivity contribution is -0.125. The summed E-state index contributed by atoms with van der Waals surface area (Å²) in [5.41, 5.74) is 2.15. The third kappa shape index (κ3) is 4.09. The third-order valence-electron chi connectivity index (χ3n) is 5.51. The van der Waals surface area contributed by atoms with E-state index in [-0.39, 0.29) is 29.8 Å². The fourth-order valence-electron chi connectivity index (χ4n) is 4.20. The number of carbonyl (C=O) groups is 2. The number of rotatable bonds is 3. The smallest absolute Gasteiger partial charge is 0.410 e. The Labute approximate surface area is 161 Å². The second-order valence-corrected chi connectivity index (χ2v) is 9.49. The summed E-state index contributed by atoms with van der Waals surface area (Å²) in [5.74, 6) is 0.539. The lowest BCUT2D eigenvalue weighted by atomic mass is 9.91. The predicted octanol–water partition coefficient (Wildman–Crippen LogP) is 3.16. The van der Waals surface area contributed by atoms with E-state index in [0.717, 1.165) is 16.8 Å². The molecule has 2 amide bonds. The summed E-state index contributed by atoms with van der Waals surface area (Å²) >= 11 is 0. The summed E-state index contributed by atoms with van der Waals surface area (Å²) < 4.78 is 5.43. The number of piperidine rings is 1. The highest BCUT2D eigenvalue weighted by Gasteiger charge is 2.61. The van der Waals surface area contributed by atoms with Crippen molar-refractivity contribution >= 4 is 12.0 Å². The van der Waals surface area contributed by atoms with Gasteiger partial charge in [0.15, 0.2) is 0 Å². The van der Waals surface area contributed by atoms with Crippen LogP contribution in [0.3, 0.4) is 0 Å². The normalized spacial score (nSPS) is 24.4. The third-order valence-corrected chi connectivity index (χ3v) is 5.51. The molecule has 2 heterocycles. The Morgan fingerprint density at radius 3 is 2.26 bits per heavy atom. The molecule has 1 aliphatic carbocycles. The van der Waals surface area contributed by atoms with Gasteiger partial charge in [-0.15, -0.1) is 0 Å². The number of pyridine rings is 1. The highest BCUT2D eigenvalue weighted by atomic mass is 16.6. The molecule has 0 aromatic carbocycles. The molecule has 3 rings (SSSR count). The quantitative estimate of drug-likeness (QED) is 0.883. The van der Waals surface area contributed by atoms with Gasteiger partial charge in [0.25, 0.3) is 0 Å². The molecule has 1 aliphatic heterocycles. The minimum atomic E-state index is -0.495. The number of fused-ring (bicyclic) bond motifs is 1. The molecule has 3 atom stereocenters. The molecular weight excluding hydrogens is 342 g/mol. The number of ether oxygens (including phenoxy) is 1. The zero-order chi connectivity index (χ0) is 20.1. The van der Waals surface area contributed by atoms with Crippen LogP contribution in [0.4, 0.5) is 4.79 Å². The fraction of sp³-hybridized carbons (Fsp3) is 0.667. The van der Waals surface area contributed by atoms with Crippen LogP contribution < -0.4 is 5.32 Å². The number of aryl methyl sites for hydroxylation is 2. The van der Waals surface area contributed by atoms with Gasteiger partial charge in [0.2, 0.25) is 5.91 Å². The minimum absolute atomic E-state index is 0.0123. The van der Waals surface area contributed by atoms with Crippen LogP contribution in [0, 0.1) is 31.6 Å². The molecule has 2 unspecified atom stereocenters. The van der Waals surface area contributed by atoms with Crippen molar-refractivity contribution in [3.8, 4) is 0 Å². The number of aromatic nitrogens is 1. The van der Waals surface area contributed by atoms with Crippen molar-refractivity contribution in [1.82, 2.24) is 15.2 Å². The van der Waals surface area contributed by atoms with Crippen LogP contribution in [0.1, 0.15) is 51.4 Å². The molecule has 0 bridgehead atoms. The lowest BCUT2D eigenvalue weighted by Gasteiger charge is -2.29. The van der Waals surface area contributed by atoms with Crippen LogP contribution >= 0.6 is 0 Å². The number of likely N-dealkylation sites (tertiary alicyclic amines) is 1. The van der Waals surface area contributed by atoms with Gasteiger partial charge < -0.3 is 15.0 Å². The fourth-order valence-corrected chi connectivity index (χ4v) is 4.20. The standard InChI is InChI=1S/C21H31N3O3/c1-12-8-13(2)22-9-16(12)21(6,7)23-18(25)17-14-10-24(11-15(14)17)19(26)27-20(3,4)5/h8-9,14-15,17H,10-11H2,1-7H3,(H,23,25)/t14-,15?,17?/m0/s1. The van der Waals surface area contributed by atoms with E-state index in [1.165, 1.54) is 0 Å². The van der Waals surface area contributed by atoms with E-state index in [0.29, 0.717) is 13.1 Å². The zero-order valence-corrected chi connectivity index (χ0v) is 17.4. The van der Waals surface area contributed by atoms with E-state index in [2.05, 4.69) is 10.3 Å². The highest BCUT2D eigenvalue weighted by Crippen LogP contribution is 2.52. The van der Waals surface area contributed by atoms with Crippen molar-refractivity contribution in [2.45, 2.75) is 59.6 Å². The van der Waals surface area contributed by atoms with Crippen molar-refractivity contribution < 1.29 is 14.3 Å². The van der Waals surface area contributed by atoms with Crippen molar-refractivity contribution in [2.24, 2.45) is 17.8 Å². The summed E-state index contributed by atoms with van der Waals surface area (Å²) in [6.07, 6.45) is 1.57. The predicted molar refractivity (Wildman–Crippen MR) is 103 cm³/mol. The molecule has 2 aliphatic rings. The Bertz CT molecular complexity index is 754. The molecule has 148 valence electrons. The first-order chi connectivity index (χ1) is 12.4. The molecule has 6 heteroatoms. The van der Waals surface area contributed by atoms with Crippen molar-refractivity contribution in [3.63, 3.8) is 0 Å². The van der Waals surface area contributed by atoms with Gasteiger partial charge in [-0.05, 0) is 77.5 Å². The molecule has 1 aromatic rings.